The van der Waals surface area contributed by atoms with Crippen LogP contribution in [0, 0.1) is 0 Å². The van der Waals surface area contributed by atoms with Gasteiger partial charge in [0.15, 0.2) is 17.5 Å². The number of hydrogen-bond donors (Lipinski definition) is 0. The molecule has 8 rings (SSSR count). The van der Waals surface area contributed by atoms with Crippen LogP contribution in [0.15, 0.2) is 188 Å². The highest BCUT2D eigenvalue weighted by molar-refractivity contribution is 5.92. The number of rotatable bonds is 7. The molecular formula is C45H31N3. The van der Waals surface area contributed by atoms with Crippen molar-refractivity contribution in [1.82, 2.24) is 15.0 Å². The van der Waals surface area contributed by atoms with E-state index >= 15 is 0 Å². The summed E-state index contributed by atoms with van der Waals surface area (Å²) in [5.41, 5.74) is 12.1. The molecule has 0 radical (unpaired) electrons. The molecule has 0 unspecified atom stereocenters. The van der Waals surface area contributed by atoms with Gasteiger partial charge in [0.05, 0.1) is 0 Å². The molecule has 8 aromatic rings. The second-order valence-corrected chi connectivity index (χ2v) is 11.7. The van der Waals surface area contributed by atoms with E-state index in [1.54, 1.807) is 0 Å². The van der Waals surface area contributed by atoms with Gasteiger partial charge in [-0.15, -0.1) is 0 Å². The maximum Gasteiger partial charge on any atom is 0.164 e. The molecule has 0 aliphatic rings. The Balaban J connectivity index is 1.31. The van der Waals surface area contributed by atoms with Gasteiger partial charge in [-0.05, 0) is 56.6 Å². The Kier molecular flexibility index (Phi) is 7.92. The van der Waals surface area contributed by atoms with E-state index in [9.17, 15) is 0 Å². The van der Waals surface area contributed by atoms with Gasteiger partial charge in [0.25, 0.3) is 0 Å². The van der Waals surface area contributed by atoms with Crippen molar-refractivity contribution in [3.63, 3.8) is 0 Å². The summed E-state index contributed by atoms with van der Waals surface area (Å²) in [4.78, 5) is 14.9. The molecule has 0 spiro atoms. The SMILES string of the molecule is c1ccc(-c2nc(-c3ccccc3)nc(-c3ccc(-c4ccc(-c5ccccc5)c(-c5ccccc5)c4)c(-c4ccccc4)c3)n2)cc1. The zero-order chi connectivity index (χ0) is 32.1. The second-order valence-electron chi connectivity index (χ2n) is 11.7. The summed E-state index contributed by atoms with van der Waals surface area (Å²) in [5, 5.41) is 0. The lowest BCUT2D eigenvalue weighted by Gasteiger charge is -2.17. The molecule has 0 amide bonds. The molecule has 1 aromatic heterocycles. The smallest absolute Gasteiger partial charge is 0.164 e. The summed E-state index contributed by atoms with van der Waals surface area (Å²) in [6.45, 7) is 0. The van der Waals surface area contributed by atoms with Crippen LogP contribution in [0.2, 0.25) is 0 Å². The highest BCUT2D eigenvalue weighted by Crippen LogP contribution is 2.40. The number of aromatic nitrogens is 3. The largest absolute Gasteiger partial charge is 0.208 e. The summed E-state index contributed by atoms with van der Waals surface area (Å²) in [5.74, 6) is 1.93. The van der Waals surface area contributed by atoms with Crippen LogP contribution in [0.5, 0.6) is 0 Å². The molecule has 7 aromatic carbocycles. The monoisotopic (exact) mass is 613 g/mol. The molecule has 1 heterocycles. The highest BCUT2D eigenvalue weighted by Gasteiger charge is 2.17. The Morgan fingerprint density at radius 2 is 0.500 bits per heavy atom. The molecule has 226 valence electrons. The summed E-state index contributed by atoms with van der Waals surface area (Å²) in [6, 6.07) is 65.4. The molecule has 0 atom stereocenters. The molecule has 0 saturated carbocycles. The third-order valence-electron chi connectivity index (χ3n) is 8.56. The van der Waals surface area contributed by atoms with Crippen molar-refractivity contribution in [2.75, 3.05) is 0 Å². The van der Waals surface area contributed by atoms with Gasteiger partial charge in [-0.1, -0.05) is 176 Å². The van der Waals surface area contributed by atoms with E-state index in [2.05, 4.69) is 127 Å². The van der Waals surface area contributed by atoms with Crippen LogP contribution in [0.4, 0.5) is 0 Å². The quantitative estimate of drug-likeness (QED) is 0.179. The minimum absolute atomic E-state index is 0.635. The number of hydrogen-bond acceptors (Lipinski definition) is 3. The summed E-state index contributed by atoms with van der Waals surface area (Å²) >= 11 is 0. The lowest BCUT2D eigenvalue weighted by Crippen LogP contribution is -2.00. The molecule has 0 N–H and O–H groups in total. The maximum atomic E-state index is 5.01. The fraction of sp³-hybridized carbons (Fsp3) is 0. The minimum atomic E-state index is 0.635. The third-order valence-corrected chi connectivity index (χ3v) is 8.56. The zero-order valence-corrected chi connectivity index (χ0v) is 26.2. The Labute approximate surface area is 280 Å². The van der Waals surface area contributed by atoms with Gasteiger partial charge in [-0.3, -0.25) is 0 Å². The lowest BCUT2D eigenvalue weighted by molar-refractivity contribution is 1.07. The fourth-order valence-electron chi connectivity index (χ4n) is 6.17. The summed E-state index contributed by atoms with van der Waals surface area (Å²) < 4.78 is 0. The normalized spacial score (nSPS) is 10.9. The average Bonchev–Trinajstić information content (AvgIpc) is 3.19. The van der Waals surface area contributed by atoms with Crippen LogP contribution < -0.4 is 0 Å². The van der Waals surface area contributed by atoms with Gasteiger partial charge in [-0.25, -0.2) is 15.0 Å². The first-order valence-electron chi connectivity index (χ1n) is 16.1. The first kappa shape index (κ1) is 29.0. The van der Waals surface area contributed by atoms with E-state index in [-0.39, 0.29) is 0 Å². The molecule has 48 heavy (non-hydrogen) atoms. The molecule has 0 aliphatic carbocycles. The van der Waals surface area contributed by atoms with E-state index in [1.165, 1.54) is 22.3 Å². The second kappa shape index (κ2) is 13.1. The predicted octanol–water partition coefficient (Wildman–Crippen LogP) is 11.5. The summed E-state index contributed by atoms with van der Waals surface area (Å²) in [6.07, 6.45) is 0. The van der Waals surface area contributed by atoms with Crippen molar-refractivity contribution in [3.8, 4) is 78.7 Å². The van der Waals surface area contributed by atoms with E-state index in [4.69, 9.17) is 15.0 Å². The zero-order valence-electron chi connectivity index (χ0n) is 26.2. The van der Waals surface area contributed by atoms with Crippen LogP contribution in [0.25, 0.3) is 78.7 Å². The average molecular weight is 614 g/mol. The number of benzene rings is 7. The Bertz CT molecular complexity index is 2250. The Morgan fingerprint density at radius 1 is 0.208 bits per heavy atom. The summed E-state index contributed by atoms with van der Waals surface area (Å²) in [7, 11) is 0. The predicted molar refractivity (Wildman–Crippen MR) is 198 cm³/mol. The van der Waals surface area contributed by atoms with Crippen LogP contribution in [-0.4, -0.2) is 15.0 Å². The van der Waals surface area contributed by atoms with Gasteiger partial charge in [0.2, 0.25) is 0 Å². The van der Waals surface area contributed by atoms with Crippen LogP contribution >= 0.6 is 0 Å². The molecule has 3 heteroatoms. The van der Waals surface area contributed by atoms with Crippen molar-refractivity contribution >= 4 is 0 Å². The van der Waals surface area contributed by atoms with Crippen LogP contribution in [0.3, 0.4) is 0 Å². The van der Waals surface area contributed by atoms with E-state index in [0.717, 1.165) is 38.9 Å². The minimum Gasteiger partial charge on any atom is -0.208 e. The van der Waals surface area contributed by atoms with E-state index in [1.807, 2.05) is 60.7 Å². The Hall–Kier alpha value is -6.45. The first-order valence-corrected chi connectivity index (χ1v) is 16.1. The number of nitrogens with zero attached hydrogens (tertiary/aromatic N) is 3. The standard InChI is InChI=1S/C45H31N3/c1-6-16-32(17-7-1)39-28-26-37(30-41(39)33-18-8-2-9-19-33)40-29-27-38(31-42(40)34-20-10-3-11-21-34)45-47-43(35-22-12-4-13-23-35)46-44(48-45)36-24-14-5-15-25-36/h1-31H. The fourth-order valence-corrected chi connectivity index (χ4v) is 6.17. The van der Waals surface area contributed by atoms with Crippen molar-refractivity contribution < 1.29 is 0 Å². The maximum absolute atomic E-state index is 5.01. The molecule has 0 bridgehead atoms. The van der Waals surface area contributed by atoms with Gasteiger partial charge in [0.1, 0.15) is 0 Å². The van der Waals surface area contributed by atoms with Crippen molar-refractivity contribution in [1.29, 1.82) is 0 Å². The van der Waals surface area contributed by atoms with E-state index < -0.39 is 0 Å². The Morgan fingerprint density at radius 3 is 0.917 bits per heavy atom. The van der Waals surface area contributed by atoms with Crippen molar-refractivity contribution in [2.45, 2.75) is 0 Å². The molecule has 3 nitrogen and oxygen atoms in total. The van der Waals surface area contributed by atoms with Gasteiger partial charge >= 0.3 is 0 Å². The van der Waals surface area contributed by atoms with Crippen LogP contribution in [-0.2, 0) is 0 Å². The van der Waals surface area contributed by atoms with Crippen LogP contribution in [0.1, 0.15) is 0 Å². The van der Waals surface area contributed by atoms with Crippen molar-refractivity contribution in [2.24, 2.45) is 0 Å². The highest BCUT2D eigenvalue weighted by atomic mass is 15.0. The van der Waals surface area contributed by atoms with E-state index in [0.29, 0.717) is 17.5 Å². The van der Waals surface area contributed by atoms with Gasteiger partial charge in [-0.2, -0.15) is 0 Å². The van der Waals surface area contributed by atoms with Crippen molar-refractivity contribution in [3.05, 3.63) is 188 Å². The topological polar surface area (TPSA) is 38.7 Å². The van der Waals surface area contributed by atoms with Gasteiger partial charge < -0.3 is 0 Å². The van der Waals surface area contributed by atoms with Gasteiger partial charge in [0, 0.05) is 16.7 Å². The molecule has 0 saturated heterocycles. The first-order chi connectivity index (χ1) is 23.8. The third kappa shape index (κ3) is 5.93. The lowest BCUT2D eigenvalue weighted by atomic mass is 9.88. The molecular weight excluding hydrogens is 583 g/mol. The molecule has 0 aliphatic heterocycles. The molecule has 0 fully saturated rings.